The molecule has 1 aliphatic carbocycles. The molecular weight excluding hydrogens is 380 g/mol. The van der Waals surface area contributed by atoms with Gasteiger partial charge in [-0.15, -0.1) is 0 Å². The SMILES string of the molecule is CNC(=O)C1(c2ccc(NS(=O)(=O)c3ccc(OC)c(OC)c3)cc2)CCC1. The molecule has 0 aromatic heterocycles. The highest BCUT2D eigenvalue weighted by atomic mass is 32.2. The third kappa shape index (κ3) is 3.52. The normalized spacial score (nSPS) is 15.2. The van der Waals surface area contributed by atoms with Crippen LogP contribution < -0.4 is 19.5 Å². The lowest BCUT2D eigenvalue weighted by molar-refractivity contribution is -0.129. The van der Waals surface area contributed by atoms with Crippen molar-refractivity contribution in [3.05, 3.63) is 48.0 Å². The molecule has 8 heteroatoms. The molecule has 1 aliphatic rings. The first kappa shape index (κ1) is 20.0. The lowest BCUT2D eigenvalue weighted by atomic mass is 9.64. The maximum atomic E-state index is 12.7. The molecular formula is C20H24N2O5S. The Bertz CT molecular complexity index is 967. The van der Waals surface area contributed by atoms with E-state index in [1.807, 2.05) is 0 Å². The molecule has 0 radical (unpaired) electrons. The van der Waals surface area contributed by atoms with Crippen LogP contribution in [-0.2, 0) is 20.2 Å². The number of likely N-dealkylation sites (N-methyl/N-ethyl adjacent to an activating group) is 1. The van der Waals surface area contributed by atoms with Crippen molar-refractivity contribution in [1.29, 1.82) is 0 Å². The molecule has 0 heterocycles. The Balaban J connectivity index is 1.83. The highest BCUT2D eigenvalue weighted by molar-refractivity contribution is 7.92. The summed E-state index contributed by atoms with van der Waals surface area (Å²) >= 11 is 0. The Morgan fingerprint density at radius 3 is 2.14 bits per heavy atom. The van der Waals surface area contributed by atoms with Gasteiger partial charge in [0.25, 0.3) is 10.0 Å². The first-order valence-corrected chi connectivity index (χ1v) is 10.4. The molecule has 1 amide bonds. The van der Waals surface area contributed by atoms with E-state index in [1.165, 1.54) is 26.4 Å². The highest BCUT2D eigenvalue weighted by Gasteiger charge is 2.45. The number of amides is 1. The first-order chi connectivity index (χ1) is 13.4. The predicted molar refractivity (Wildman–Crippen MR) is 106 cm³/mol. The number of carbonyl (C=O) groups is 1. The summed E-state index contributed by atoms with van der Waals surface area (Å²) in [7, 11) is 0.770. The number of methoxy groups -OCH3 is 2. The average molecular weight is 404 g/mol. The largest absolute Gasteiger partial charge is 0.493 e. The van der Waals surface area contributed by atoms with E-state index in [4.69, 9.17) is 9.47 Å². The van der Waals surface area contributed by atoms with Crippen LogP contribution in [0.15, 0.2) is 47.4 Å². The van der Waals surface area contributed by atoms with Crippen LogP contribution in [-0.4, -0.2) is 35.6 Å². The molecule has 0 bridgehead atoms. The van der Waals surface area contributed by atoms with Crippen molar-refractivity contribution in [2.24, 2.45) is 0 Å². The summed E-state index contributed by atoms with van der Waals surface area (Å²) in [6.45, 7) is 0. The zero-order valence-corrected chi connectivity index (χ0v) is 16.9. The number of benzene rings is 2. The van der Waals surface area contributed by atoms with Gasteiger partial charge in [0.1, 0.15) is 0 Å². The van der Waals surface area contributed by atoms with E-state index < -0.39 is 15.4 Å². The zero-order valence-electron chi connectivity index (χ0n) is 16.1. The second kappa shape index (κ2) is 7.71. The fourth-order valence-electron chi connectivity index (χ4n) is 3.47. The molecule has 1 fully saturated rings. The van der Waals surface area contributed by atoms with Crippen LogP contribution in [0.4, 0.5) is 5.69 Å². The third-order valence-corrected chi connectivity index (χ3v) is 6.60. The molecule has 0 saturated heterocycles. The van der Waals surface area contributed by atoms with Crippen LogP contribution >= 0.6 is 0 Å². The number of sulfonamides is 1. The van der Waals surface area contributed by atoms with Gasteiger partial charge < -0.3 is 14.8 Å². The van der Waals surface area contributed by atoms with Crippen LogP contribution in [0.1, 0.15) is 24.8 Å². The van der Waals surface area contributed by atoms with Gasteiger partial charge in [-0.05, 0) is 42.7 Å². The smallest absolute Gasteiger partial charge is 0.262 e. The molecule has 0 spiro atoms. The number of carbonyl (C=O) groups excluding carboxylic acids is 1. The van der Waals surface area contributed by atoms with Crippen molar-refractivity contribution in [2.75, 3.05) is 26.0 Å². The van der Waals surface area contributed by atoms with Gasteiger partial charge >= 0.3 is 0 Å². The third-order valence-electron chi connectivity index (χ3n) is 5.22. The Morgan fingerprint density at radius 1 is 1.00 bits per heavy atom. The minimum atomic E-state index is -3.80. The highest BCUT2D eigenvalue weighted by Crippen LogP contribution is 2.44. The van der Waals surface area contributed by atoms with E-state index >= 15 is 0 Å². The van der Waals surface area contributed by atoms with Gasteiger partial charge in [-0.2, -0.15) is 0 Å². The topological polar surface area (TPSA) is 93.7 Å². The monoisotopic (exact) mass is 404 g/mol. The van der Waals surface area contributed by atoms with E-state index in [-0.39, 0.29) is 10.8 Å². The van der Waals surface area contributed by atoms with Crippen LogP contribution in [0.2, 0.25) is 0 Å². The Hall–Kier alpha value is -2.74. The van der Waals surface area contributed by atoms with Crippen molar-refractivity contribution in [3.63, 3.8) is 0 Å². The van der Waals surface area contributed by atoms with Gasteiger partial charge in [0.15, 0.2) is 11.5 Å². The Labute approximate surface area is 165 Å². The number of hydrogen-bond acceptors (Lipinski definition) is 5. The van der Waals surface area contributed by atoms with Crippen LogP contribution in [0.3, 0.4) is 0 Å². The van der Waals surface area contributed by atoms with Crippen molar-refractivity contribution in [2.45, 2.75) is 29.6 Å². The Kier molecular flexibility index (Phi) is 5.51. The second-order valence-electron chi connectivity index (χ2n) is 6.71. The van der Waals surface area contributed by atoms with Crippen LogP contribution in [0.5, 0.6) is 11.5 Å². The minimum absolute atomic E-state index is 0.00240. The number of rotatable bonds is 7. The molecule has 150 valence electrons. The summed E-state index contributed by atoms with van der Waals surface area (Å²) in [5.41, 5.74) is 0.812. The van der Waals surface area contributed by atoms with Gasteiger partial charge in [-0.3, -0.25) is 9.52 Å². The molecule has 2 aromatic rings. The zero-order chi connectivity index (χ0) is 20.4. The van der Waals surface area contributed by atoms with Crippen LogP contribution in [0.25, 0.3) is 0 Å². The maximum Gasteiger partial charge on any atom is 0.262 e. The molecule has 2 aromatic carbocycles. The summed E-state index contributed by atoms with van der Waals surface area (Å²) in [5.74, 6) is 0.779. The van der Waals surface area contributed by atoms with Crippen molar-refractivity contribution < 1.29 is 22.7 Å². The van der Waals surface area contributed by atoms with E-state index in [0.29, 0.717) is 17.2 Å². The summed E-state index contributed by atoms with van der Waals surface area (Å²) in [5, 5.41) is 2.73. The van der Waals surface area contributed by atoms with E-state index in [2.05, 4.69) is 10.0 Å². The molecule has 3 rings (SSSR count). The fourth-order valence-corrected chi connectivity index (χ4v) is 4.55. The number of hydrogen-bond donors (Lipinski definition) is 2. The summed E-state index contributed by atoms with van der Waals surface area (Å²) in [6, 6.07) is 11.4. The maximum absolute atomic E-state index is 12.7. The molecule has 7 nitrogen and oxygen atoms in total. The lowest BCUT2D eigenvalue weighted by Gasteiger charge is -2.40. The molecule has 0 atom stereocenters. The number of anilines is 1. The summed E-state index contributed by atoms with van der Waals surface area (Å²) in [6.07, 6.45) is 2.59. The quantitative estimate of drug-likeness (QED) is 0.740. The van der Waals surface area contributed by atoms with Gasteiger partial charge in [0, 0.05) is 18.8 Å². The molecule has 0 unspecified atom stereocenters. The second-order valence-corrected chi connectivity index (χ2v) is 8.40. The first-order valence-electron chi connectivity index (χ1n) is 8.94. The summed E-state index contributed by atoms with van der Waals surface area (Å²) in [4.78, 5) is 12.3. The van der Waals surface area contributed by atoms with Gasteiger partial charge in [0.05, 0.1) is 24.5 Å². The standard InChI is InChI=1S/C20H24N2O5S/c1-21-19(23)20(11-4-12-20)14-5-7-15(8-6-14)22-28(24,25)16-9-10-17(26-2)18(13-16)27-3/h5-10,13,22H,4,11-12H2,1-3H3,(H,21,23). The van der Waals surface area contributed by atoms with Crippen molar-refractivity contribution in [1.82, 2.24) is 5.32 Å². The van der Waals surface area contributed by atoms with E-state index in [0.717, 1.165) is 24.8 Å². The number of nitrogens with one attached hydrogen (secondary N) is 2. The lowest BCUT2D eigenvalue weighted by Crippen LogP contribution is -2.48. The Morgan fingerprint density at radius 2 is 1.64 bits per heavy atom. The van der Waals surface area contributed by atoms with Crippen LogP contribution in [0, 0.1) is 0 Å². The molecule has 1 saturated carbocycles. The predicted octanol–water partition coefficient (Wildman–Crippen LogP) is 2.67. The van der Waals surface area contributed by atoms with Gasteiger partial charge in [-0.25, -0.2) is 8.42 Å². The summed E-state index contributed by atoms with van der Waals surface area (Å²) < 4.78 is 38.3. The average Bonchev–Trinajstić information content (AvgIpc) is 2.67. The number of ether oxygens (including phenoxy) is 2. The molecule has 0 aliphatic heterocycles. The van der Waals surface area contributed by atoms with E-state index in [9.17, 15) is 13.2 Å². The van der Waals surface area contributed by atoms with E-state index in [1.54, 1.807) is 37.4 Å². The van der Waals surface area contributed by atoms with Gasteiger partial charge in [0.2, 0.25) is 5.91 Å². The van der Waals surface area contributed by atoms with Crippen molar-refractivity contribution in [3.8, 4) is 11.5 Å². The molecule has 28 heavy (non-hydrogen) atoms. The minimum Gasteiger partial charge on any atom is -0.493 e. The van der Waals surface area contributed by atoms with Crippen molar-refractivity contribution >= 4 is 21.6 Å². The molecule has 2 N–H and O–H groups in total. The fraction of sp³-hybridized carbons (Fsp3) is 0.350. The van der Waals surface area contributed by atoms with Gasteiger partial charge in [-0.1, -0.05) is 18.6 Å².